The lowest BCUT2D eigenvalue weighted by Gasteiger charge is -2.18. The van der Waals surface area contributed by atoms with E-state index in [1.807, 2.05) is 37.3 Å². The lowest BCUT2D eigenvalue weighted by molar-refractivity contribution is 0.607. The van der Waals surface area contributed by atoms with Crippen LogP contribution in [0.1, 0.15) is 42.7 Å². The van der Waals surface area contributed by atoms with Crippen molar-refractivity contribution in [2.75, 3.05) is 0 Å². The molecule has 28 heavy (non-hydrogen) atoms. The van der Waals surface area contributed by atoms with Gasteiger partial charge in [0.05, 0.1) is 22.3 Å². The molecule has 3 atom stereocenters. The summed E-state index contributed by atoms with van der Waals surface area (Å²) in [7, 11) is 0. The van der Waals surface area contributed by atoms with Gasteiger partial charge in [-0.15, -0.1) is 0 Å². The first-order valence-corrected chi connectivity index (χ1v) is 9.80. The minimum absolute atomic E-state index is 0.0249. The Kier molecular flexibility index (Phi) is 3.98. The topological polar surface area (TPSA) is 78.2 Å². The Bertz CT molecular complexity index is 1290. The van der Waals surface area contributed by atoms with Crippen LogP contribution in [-0.2, 0) is 0 Å². The van der Waals surface area contributed by atoms with Gasteiger partial charge >= 0.3 is 0 Å². The fourth-order valence-corrected chi connectivity index (χ4v) is 4.42. The van der Waals surface area contributed by atoms with Crippen LogP contribution in [0.5, 0.6) is 0 Å². The Morgan fingerprint density at radius 3 is 2.86 bits per heavy atom. The van der Waals surface area contributed by atoms with Crippen LogP contribution in [-0.4, -0.2) is 19.2 Å². The van der Waals surface area contributed by atoms with Crippen LogP contribution in [0.25, 0.3) is 16.4 Å². The first-order chi connectivity index (χ1) is 13.5. The van der Waals surface area contributed by atoms with E-state index in [2.05, 4.69) is 10.1 Å². The zero-order valence-corrected chi connectivity index (χ0v) is 16.5. The molecular formula is C20H17Cl2N5O. The molecule has 0 aliphatic heterocycles. The van der Waals surface area contributed by atoms with E-state index in [1.54, 1.807) is 21.3 Å². The highest BCUT2D eigenvalue weighted by atomic mass is 35.5. The normalized spacial score (nSPS) is 20.0. The van der Waals surface area contributed by atoms with E-state index in [1.165, 1.54) is 0 Å². The van der Waals surface area contributed by atoms with Crippen LogP contribution in [0.4, 0.5) is 0 Å². The van der Waals surface area contributed by atoms with Crippen molar-refractivity contribution in [3.63, 3.8) is 0 Å². The van der Waals surface area contributed by atoms with E-state index in [4.69, 9.17) is 28.9 Å². The third-order valence-electron chi connectivity index (χ3n) is 5.33. The predicted molar refractivity (Wildman–Crippen MR) is 110 cm³/mol. The molecule has 2 N–H and O–H groups in total. The molecule has 4 aromatic rings. The summed E-state index contributed by atoms with van der Waals surface area (Å²) in [4.78, 5) is 18.0. The van der Waals surface area contributed by atoms with E-state index < -0.39 is 0 Å². The zero-order chi connectivity index (χ0) is 19.6. The van der Waals surface area contributed by atoms with Crippen LogP contribution < -0.4 is 11.3 Å². The van der Waals surface area contributed by atoms with Gasteiger partial charge in [-0.25, -0.2) is 9.50 Å². The highest BCUT2D eigenvalue weighted by molar-refractivity contribution is 6.35. The Labute approximate surface area is 170 Å². The molecule has 1 aliphatic carbocycles. The molecule has 3 aromatic heterocycles. The standard InChI is InChI=1S/C20H17Cl2N5O/c1-10(23)15-7-11-3-2-4-13(21)19(11)20(28)26(15)16-8-12(16)14-9-17(22)27-18(25-14)5-6-24-27/h2-7,9-10,12,16H,8,23H2,1H3/t10-,12?,16?/m0/s1. The molecule has 0 saturated heterocycles. The summed E-state index contributed by atoms with van der Waals surface area (Å²) in [5.41, 5.74) is 8.43. The number of nitrogens with zero attached hydrogens (tertiary/aromatic N) is 4. The molecule has 142 valence electrons. The molecule has 6 nitrogen and oxygen atoms in total. The molecular weight excluding hydrogens is 397 g/mol. The minimum Gasteiger partial charge on any atom is -0.323 e. The third-order valence-corrected chi connectivity index (χ3v) is 5.91. The molecule has 1 aliphatic rings. The monoisotopic (exact) mass is 413 g/mol. The van der Waals surface area contributed by atoms with Crippen molar-refractivity contribution in [2.45, 2.75) is 31.3 Å². The lowest BCUT2D eigenvalue weighted by atomic mass is 10.1. The molecule has 1 aromatic carbocycles. The number of fused-ring (bicyclic) bond motifs is 2. The number of rotatable bonds is 3. The van der Waals surface area contributed by atoms with Gasteiger partial charge in [0.2, 0.25) is 0 Å². The van der Waals surface area contributed by atoms with E-state index in [-0.39, 0.29) is 23.6 Å². The molecule has 5 rings (SSSR count). The molecule has 0 radical (unpaired) electrons. The summed E-state index contributed by atoms with van der Waals surface area (Å²) in [6.45, 7) is 1.88. The number of aromatic nitrogens is 4. The number of benzene rings is 1. The van der Waals surface area contributed by atoms with E-state index >= 15 is 0 Å². The fourth-order valence-electron chi connectivity index (χ4n) is 3.91. The molecule has 3 heterocycles. The van der Waals surface area contributed by atoms with E-state index in [9.17, 15) is 4.79 Å². The van der Waals surface area contributed by atoms with Gasteiger partial charge in [0.1, 0.15) is 5.15 Å². The Hall–Kier alpha value is -2.41. The predicted octanol–water partition coefficient (Wildman–Crippen LogP) is 4.10. The van der Waals surface area contributed by atoms with Crippen molar-refractivity contribution in [1.82, 2.24) is 19.2 Å². The second-order valence-corrected chi connectivity index (χ2v) is 8.05. The maximum atomic E-state index is 13.3. The molecule has 1 saturated carbocycles. The fraction of sp³-hybridized carbons (Fsp3) is 0.250. The zero-order valence-electron chi connectivity index (χ0n) is 15.0. The molecule has 0 bridgehead atoms. The van der Waals surface area contributed by atoms with Gasteiger partial charge in [-0.1, -0.05) is 35.3 Å². The van der Waals surface area contributed by atoms with Gasteiger partial charge in [-0.05, 0) is 36.9 Å². The summed E-state index contributed by atoms with van der Waals surface area (Å²) < 4.78 is 3.37. The maximum Gasteiger partial charge on any atom is 0.260 e. The first kappa shape index (κ1) is 17.7. The van der Waals surface area contributed by atoms with Crippen molar-refractivity contribution in [2.24, 2.45) is 5.73 Å². The van der Waals surface area contributed by atoms with Crippen LogP contribution in [0.15, 0.2) is 47.4 Å². The van der Waals surface area contributed by atoms with E-state index in [0.717, 1.165) is 23.2 Å². The van der Waals surface area contributed by atoms with Crippen molar-refractivity contribution < 1.29 is 0 Å². The number of hydrogen-bond acceptors (Lipinski definition) is 4. The van der Waals surface area contributed by atoms with Gasteiger partial charge in [0.15, 0.2) is 5.65 Å². The third kappa shape index (κ3) is 2.64. The number of halogens is 2. The maximum absolute atomic E-state index is 13.3. The SMILES string of the molecule is C[C@H](N)c1cc2cccc(Cl)c2c(=O)n1C1CC1c1cc(Cl)n2nccc2n1. The summed E-state index contributed by atoms with van der Waals surface area (Å²) >= 11 is 12.7. The van der Waals surface area contributed by atoms with Gasteiger partial charge < -0.3 is 10.3 Å². The molecule has 0 amide bonds. The highest BCUT2D eigenvalue weighted by Gasteiger charge is 2.43. The molecule has 0 spiro atoms. The van der Waals surface area contributed by atoms with Gasteiger partial charge in [-0.2, -0.15) is 5.10 Å². The Balaban J connectivity index is 1.65. The molecule has 1 fully saturated rings. The number of nitrogens with two attached hydrogens (primary N) is 1. The minimum atomic E-state index is -0.286. The number of pyridine rings is 1. The van der Waals surface area contributed by atoms with Crippen LogP contribution in [0.3, 0.4) is 0 Å². The van der Waals surface area contributed by atoms with Crippen LogP contribution >= 0.6 is 23.2 Å². The Morgan fingerprint density at radius 2 is 2.07 bits per heavy atom. The summed E-state index contributed by atoms with van der Waals surface area (Å²) in [5, 5.41) is 6.43. The smallest absolute Gasteiger partial charge is 0.260 e. The largest absolute Gasteiger partial charge is 0.323 e. The molecule has 2 unspecified atom stereocenters. The van der Waals surface area contributed by atoms with Crippen molar-refractivity contribution in [3.05, 3.63) is 74.5 Å². The average molecular weight is 414 g/mol. The molecule has 8 heteroatoms. The van der Waals surface area contributed by atoms with Gasteiger partial charge in [0.25, 0.3) is 5.56 Å². The van der Waals surface area contributed by atoms with Crippen molar-refractivity contribution in [3.8, 4) is 0 Å². The first-order valence-electron chi connectivity index (χ1n) is 9.05. The van der Waals surface area contributed by atoms with Crippen molar-refractivity contribution in [1.29, 1.82) is 0 Å². The lowest BCUT2D eigenvalue weighted by Crippen LogP contribution is -2.27. The summed E-state index contributed by atoms with van der Waals surface area (Å²) in [6, 6.07) is 10.7. The van der Waals surface area contributed by atoms with Crippen LogP contribution in [0, 0.1) is 0 Å². The number of hydrogen-bond donors (Lipinski definition) is 1. The quantitative estimate of drug-likeness (QED) is 0.512. The Morgan fingerprint density at radius 1 is 1.25 bits per heavy atom. The van der Waals surface area contributed by atoms with Gasteiger partial charge in [0, 0.05) is 29.8 Å². The summed E-state index contributed by atoms with van der Waals surface area (Å²) in [6.07, 6.45) is 2.45. The van der Waals surface area contributed by atoms with E-state index in [0.29, 0.717) is 21.2 Å². The van der Waals surface area contributed by atoms with Gasteiger partial charge in [-0.3, -0.25) is 4.79 Å². The average Bonchev–Trinajstić information content (AvgIpc) is 3.28. The second kappa shape index (κ2) is 6.30. The summed E-state index contributed by atoms with van der Waals surface area (Å²) in [5.74, 6) is 0.0903. The second-order valence-electron chi connectivity index (χ2n) is 7.25. The van der Waals surface area contributed by atoms with Crippen molar-refractivity contribution >= 4 is 39.6 Å². The van der Waals surface area contributed by atoms with Crippen LogP contribution in [0.2, 0.25) is 10.2 Å². The highest BCUT2D eigenvalue weighted by Crippen LogP contribution is 2.51.